The smallest absolute Gasteiger partial charge is 0.339 e. The normalized spacial score (nSPS) is 10.8. The quantitative estimate of drug-likeness (QED) is 0.453. The van der Waals surface area contributed by atoms with Gasteiger partial charge in [0.2, 0.25) is 0 Å². The molecule has 0 unspecified atom stereocenters. The van der Waals surface area contributed by atoms with Gasteiger partial charge < -0.3 is 10.4 Å². The van der Waals surface area contributed by atoms with E-state index in [-0.39, 0.29) is 17.2 Å². The van der Waals surface area contributed by atoms with Crippen LogP contribution in [0.5, 0.6) is 0 Å². The van der Waals surface area contributed by atoms with E-state index >= 15 is 0 Å². The first kappa shape index (κ1) is 20.3. The molecule has 0 saturated heterocycles. The molecule has 2 N–H and O–H groups in total. The van der Waals surface area contributed by atoms with Crippen molar-refractivity contribution in [3.8, 4) is 16.9 Å². The Bertz CT molecular complexity index is 1280. The van der Waals surface area contributed by atoms with E-state index in [1.807, 2.05) is 32.0 Å². The lowest BCUT2D eigenvalue weighted by molar-refractivity contribution is 0.0697. The Morgan fingerprint density at radius 2 is 1.74 bits per heavy atom. The van der Waals surface area contributed by atoms with Crippen molar-refractivity contribution in [2.24, 2.45) is 0 Å². The topological polar surface area (TPSA) is 80.0 Å². The fourth-order valence-corrected chi connectivity index (χ4v) is 3.31. The Hall–Kier alpha value is -4.00. The first-order valence-corrected chi connectivity index (χ1v) is 9.73. The fourth-order valence-electron chi connectivity index (χ4n) is 3.31. The molecule has 0 aliphatic heterocycles. The average molecular weight is 416 g/mol. The van der Waals surface area contributed by atoms with Crippen LogP contribution in [0.1, 0.15) is 27.2 Å². The number of carboxylic acids is 1. The predicted octanol–water partition coefficient (Wildman–Crippen LogP) is 5.44. The van der Waals surface area contributed by atoms with Crippen LogP contribution in [0, 0.1) is 26.6 Å². The molecule has 31 heavy (non-hydrogen) atoms. The molecule has 0 saturated carbocycles. The van der Waals surface area contributed by atoms with Gasteiger partial charge in [-0.15, -0.1) is 0 Å². The van der Waals surface area contributed by atoms with Gasteiger partial charge in [0, 0.05) is 17.3 Å². The lowest BCUT2D eigenvalue weighted by atomic mass is 10.1. The van der Waals surface area contributed by atoms with Crippen LogP contribution < -0.4 is 5.32 Å². The highest BCUT2D eigenvalue weighted by Gasteiger charge is 2.18. The molecule has 4 aromatic rings. The molecule has 7 heteroatoms. The number of nitrogens with one attached hydrogen (secondary N) is 1. The van der Waals surface area contributed by atoms with Crippen molar-refractivity contribution < 1.29 is 14.3 Å². The summed E-state index contributed by atoms with van der Waals surface area (Å²) in [5.74, 6) is -0.629. The molecule has 0 spiro atoms. The van der Waals surface area contributed by atoms with Crippen LogP contribution >= 0.6 is 0 Å². The van der Waals surface area contributed by atoms with Crippen molar-refractivity contribution in [3.63, 3.8) is 0 Å². The third-order valence-electron chi connectivity index (χ3n) is 4.95. The van der Waals surface area contributed by atoms with Crippen LogP contribution in [0.25, 0.3) is 16.9 Å². The van der Waals surface area contributed by atoms with Crippen LogP contribution in [-0.4, -0.2) is 25.8 Å². The van der Waals surface area contributed by atoms with E-state index in [9.17, 15) is 14.3 Å². The van der Waals surface area contributed by atoms with E-state index in [0.717, 1.165) is 22.4 Å². The molecular weight excluding hydrogens is 395 g/mol. The second kappa shape index (κ2) is 8.02. The fraction of sp³-hybridized carbons (Fsp3) is 0.125. The summed E-state index contributed by atoms with van der Waals surface area (Å²) in [6.45, 7) is 5.76. The van der Waals surface area contributed by atoms with Gasteiger partial charge in [0.15, 0.2) is 0 Å². The number of nitrogens with zero attached hydrogens (tertiary/aromatic N) is 3. The summed E-state index contributed by atoms with van der Waals surface area (Å²) in [5, 5.41) is 17.4. The Labute approximate surface area is 179 Å². The first-order chi connectivity index (χ1) is 14.8. The standard InChI is InChI=1S/C24H21FN4O2/c1-14-4-5-15(2)21(12-14)29-22(13-20(28-29)17-7-9-18(25)10-8-17)27-23-19(24(30)31)11-6-16(3)26-23/h4-13H,1-3H3,(H,26,27)(H,30,31). The zero-order valence-electron chi connectivity index (χ0n) is 17.3. The molecule has 6 nitrogen and oxygen atoms in total. The van der Waals surface area contributed by atoms with Crippen LogP contribution in [0.15, 0.2) is 60.7 Å². The highest BCUT2D eigenvalue weighted by molar-refractivity contribution is 5.94. The second-order valence-corrected chi connectivity index (χ2v) is 7.40. The second-order valence-electron chi connectivity index (χ2n) is 7.40. The number of anilines is 2. The predicted molar refractivity (Wildman–Crippen MR) is 118 cm³/mol. The summed E-state index contributed by atoms with van der Waals surface area (Å²) in [4.78, 5) is 16.1. The molecule has 2 aromatic carbocycles. The van der Waals surface area contributed by atoms with Crippen molar-refractivity contribution in [1.29, 1.82) is 0 Å². The number of pyridine rings is 1. The maximum absolute atomic E-state index is 13.4. The molecule has 0 atom stereocenters. The highest BCUT2D eigenvalue weighted by atomic mass is 19.1. The van der Waals surface area contributed by atoms with Gasteiger partial charge in [-0.25, -0.2) is 18.9 Å². The minimum atomic E-state index is -1.08. The van der Waals surface area contributed by atoms with E-state index in [0.29, 0.717) is 17.2 Å². The summed E-state index contributed by atoms with van der Waals surface area (Å²) in [6, 6.07) is 17.1. The van der Waals surface area contributed by atoms with Crippen molar-refractivity contribution in [1.82, 2.24) is 14.8 Å². The Morgan fingerprint density at radius 1 is 1.00 bits per heavy atom. The van der Waals surface area contributed by atoms with Crippen LogP contribution in [0.2, 0.25) is 0 Å². The summed E-state index contributed by atoms with van der Waals surface area (Å²) in [6.07, 6.45) is 0. The highest BCUT2D eigenvalue weighted by Crippen LogP contribution is 2.29. The van der Waals surface area contributed by atoms with E-state index in [1.54, 1.807) is 35.9 Å². The number of carboxylic acid groups (broad SMARTS) is 1. The lowest BCUT2D eigenvalue weighted by Crippen LogP contribution is -2.09. The first-order valence-electron chi connectivity index (χ1n) is 9.73. The number of halogens is 1. The van der Waals surface area contributed by atoms with Crippen LogP contribution in [0.3, 0.4) is 0 Å². The van der Waals surface area contributed by atoms with E-state index in [1.165, 1.54) is 18.2 Å². The minimum absolute atomic E-state index is 0.0580. The third-order valence-corrected chi connectivity index (χ3v) is 4.95. The molecule has 2 aromatic heterocycles. The van der Waals surface area contributed by atoms with Gasteiger partial charge in [0.05, 0.1) is 11.4 Å². The third kappa shape index (κ3) is 4.16. The van der Waals surface area contributed by atoms with E-state index in [4.69, 9.17) is 5.10 Å². The zero-order valence-corrected chi connectivity index (χ0v) is 17.3. The number of hydrogen-bond acceptors (Lipinski definition) is 4. The molecule has 4 rings (SSSR count). The Morgan fingerprint density at radius 3 is 2.45 bits per heavy atom. The Kier molecular flexibility index (Phi) is 5.25. The van der Waals surface area contributed by atoms with Crippen molar-refractivity contribution in [2.75, 3.05) is 5.32 Å². The molecule has 156 valence electrons. The molecule has 0 aliphatic rings. The Balaban J connectivity index is 1.88. The van der Waals surface area contributed by atoms with Crippen molar-refractivity contribution in [2.45, 2.75) is 20.8 Å². The maximum Gasteiger partial charge on any atom is 0.339 e. The van der Waals surface area contributed by atoms with Gasteiger partial charge in [-0.3, -0.25) is 0 Å². The molecular formula is C24H21FN4O2. The van der Waals surface area contributed by atoms with Crippen molar-refractivity contribution >= 4 is 17.6 Å². The van der Waals surface area contributed by atoms with E-state index in [2.05, 4.69) is 10.3 Å². The van der Waals surface area contributed by atoms with Crippen LogP contribution in [0.4, 0.5) is 16.0 Å². The molecule has 0 amide bonds. The summed E-state index contributed by atoms with van der Waals surface area (Å²) >= 11 is 0. The molecule has 2 heterocycles. The average Bonchev–Trinajstić information content (AvgIpc) is 3.13. The number of aromatic nitrogens is 3. The van der Waals surface area contributed by atoms with Crippen LogP contribution in [-0.2, 0) is 0 Å². The van der Waals surface area contributed by atoms with Gasteiger partial charge in [-0.1, -0.05) is 12.1 Å². The number of benzene rings is 2. The van der Waals surface area contributed by atoms with Gasteiger partial charge in [-0.2, -0.15) is 5.10 Å². The summed E-state index contributed by atoms with van der Waals surface area (Å²) in [5.41, 5.74) is 5.01. The zero-order chi connectivity index (χ0) is 22.1. The maximum atomic E-state index is 13.4. The number of aryl methyl sites for hydroxylation is 3. The molecule has 0 bridgehead atoms. The lowest BCUT2D eigenvalue weighted by Gasteiger charge is -2.13. The van der Waals surface area contributed by atoms with Gasteiger partial charge in [-0.05, 0) is 74.4 Å². The van der Waals surface area contributed by atoms with E-state index < -0.39 is 5.97 Å². The van der Waals surface area contributed by atoms with Gasteiger partial charge in [0.25, 0.3) is 0 Å². The molecule has 0 fully saturated rings. The number of rotatable bonds is 5. The molecule has 0 aliphatic carbocycles. The summed E-state index contributed by atoms with van der Waals surface area (Å²) in [7, 11) is 0. The number of hydrogen-bond donors (Lipinski definition) is 2. The largest absolute Gasteiger partial charge is 0.478 e. The molecule has 0 radical (unpaired) electrons. The summed E-state index contributed by atoms with van der Waals surface area (Å²) < 4.78 is 15.1. The van der Waals surface area contributed by atoms with Gasteiger partial charge in [0.1, 0.15) is 23.0 Å². The van der Waals surface area contributed by atoms with Gasteiger partial charge >= 0.3 is 5.97 Å². The SMILES string of the molecule is Cc1ccc(C)c(-n2nc(-c3ccc(F)cc3)cc2Nc2nc(C)ccc2C(=O)O)c1. The van der Waals surface area contributed by atoms with Crippen molar-refractivity contribution in [3.05, 3.63) is 88.9 Å². The monoisotopic (exact) mass is 416 g/mol. The minimum Gasteiger partial charge on any atom is -0.478 e. The number of aromatic carboxylic acids is 1. The number of carbonyl (C=O) groups is 1.